The van der Waals surface area contributed by atoms with Crippen LogP contribution in [0.3, 0.4) is 0 Å². The first kappa shape index (κ1) is 19.4. The molecule has 3 aromatic rings. The SMILES string of the molecule is CCOc1ccc(S(=O)(=O)Nc2ccccc2)cc1NC(=O)c1ccccc1. The summed E-state index contributed by atoms with van der Waals surface area (Å²) in [6.07, 6.45) is 0. The van der Waals surface area contributed by atoms with Crippen LogP contribution in [-0.4, -0.2) is 20.9 Å². The Morgan fingerprint density at radius 2 is 1.57 bits per heavy atom. The van der Waals surface area contributed by atoms with Gasteiger partial charge in [0.15, 0.2) is 0 Å². The van der Waals surface area contributed by atoms with E-state index in [9.17, 15) is 13.2 Å². The van der Waals surface area contributed by atoms with Crippen molar-refractivity contribution in [3.63, 3.8) is 0 Å². The van der Waals surface area contributed by atoms with Gasteiger partial charge in [-0.2, -0.15) is 0 Å². The van der Waals surface area contributed by atoms with Crippen LogP contribution < -0.4 is 14.8 Å². The zero-order chi connectivity index (χ0) is 20.0. The summed E-state index contributed by atoms with van der Waals surface area (Å²) in [5.41, 5.74) is 1.19. The minimum absolute atomic E-state index is 0.0168. The molecule has 0 aliphatic rings. The lowest BCUT2D eigenvalue weighted by molar-refractivity contribution is 0.102. The number of carbonyl (C=O) groups excluding carboxylic acids is 1. The van der Waals surface area contributed by atoms with E-state index in [2.05, 4.69) is 10.0 Å². The van der Waals surface area contributed by atoms with E-state index in [1.165, 1.54) is 18.2 Å². The van der Waals surface area contributed by atoms with Crippen molar-refractivity contribution < 1.29 is 17.9 Å². The van der Waals surface area contributed by atoms with E-state index in [1.807, 2.05) is 13.0 Å². The fraction of sp³-hybridized carbons (Fsp3) is 0.0952. The fourth-order valence-corrected chi connectivity index (χ4v) is 3.64. The molecule has 3 rings (SSSR count). The van der Waals surface area contributed by atoms with Crippen LogP contribution in [0, 0.1) is 0 Å². The summed E-state index contributed by atoms with van der Waals surface area (Å²) in [5.74, 6) is 0.0394. The Morgan fingerprint density at radius 3 is 2.21 bits per heavy atom. The number of hydrogen-bond donors (Lipinski definition) is 2. The summed E-state index contributed by atoms with van der Waals surface area (Å²) in [6.45, 7) is 2.19. The van der Waals surface area contributed by atoms with Crippen LogP contribution in [0.4, 0.5) is 11.4 Å². The molecule has 6 nitrogen and oxygen atoms in total. The number of hydrogen-bond acceptors (Lipinski definition) is 4. The fourth-order valence-electron chi connectivity index (χ4n) is 2.56. The van der Waals surface area contributed by atoms with Gasteiger partial charge >= 0.3 is 0 Å². The smallest absolute Gasteiger partial charge is 0.261 e. The van der Waals surface area contributed by atoms with Crippen molar-refractivity contribution >= 4 is 27.3 Å². The third-order valence-electron chi connectivity index (χ3n) is 3.87. The van der Waals surface area contributed by atoms with Crippen LogP contribution in [0.25, 0.3) is 0 Å². The highest BCUT2D eigenvalue weighted by atomic mass is 32.2. The molecular weight excluding hydrogens is 376 g/mol. The Bertz CT molecular complexity index is 1050. The van der Waals surface area contributed by atoms with E-state index in [1.54, 1.807) is 54.6 Å². The zero-order valence-electron chi connectivity index (χ0n) is 15.3. The van der Waals surface area contributed by atoms with E-state index in [0.717, 1.165) is 0 Å². The van der Waals surface area contributed by atoms with Crippen molar-refractivity contribution in [2.75, 3.05) is 16.6 Å². The quantitative estimate of drug-likeness (QED) is 0.629. The first-order valence-electron chi connectivity index (χ1n) is 8.71. The van der Waals surface area contributed by atoms with Crippen LogP contribution in [0.2, 0.25) is 0 Å². The predicted octanol–water partition coefficient (Wildman–Crippen LogP) is 4.14. The Hall–Kier alpha value is -3.32. The van der Waals surface area contributed by atoms with Crippen molar-refractivity contribution in [2.24, 2.45) is 0 Å². The van der Waals surface area contributed by atoms with Crippen LogP contribution in [0.5, 0.6) is 5.75 Å². The molecule has 0 bridgehead atoms. The lowest BCUT2D eigenvalue weighted by Gasteiger charge is -2.14. The molecule has 0 aliphatic heterocycles. The first-order chi connectivity index (χ1) is 13.5. The number of sulfonamides is 1. The molecule has 144 valence electrons. The second-order valence-corrected chi connectivity index (χ2v) is 7.57. The molecule has 2 N–H and O–H groups in total. The van der Waals surface area contributed by atoms with Crippen molar-refractivity contribution in [1.82, 2.24) is 0 Å². The van der Waals surface area contributed by atoms with Gasteiger partial charge in [0.25, 0.3) is 15.9 Å². The summed E-state index contributed by atoms with van der Waals surface area (Å²) in [4.78, 5) is 12.5. The summed E-state index contributed by atoms with van der Waals surface area (Å²) in [7, 11) is -3.82. The Kier molecular flexibility index (Phi) is 5.96. The van der Waals surface area contributed by atoms with Gasteiger partial charge in [0.2, 0.25) is 0 Å². The molecule has 0 saturated carbocycles. The second kappa shape index (κ2) is 8.58. The normalized spacial score (nSPS) is 10.9. The molecule has 0 atom stereocenters. The maximum Gasteiger partial charge on any atom is 0.261 e. The second-order valence-electron chi connectivity index (χ2n) is 5.88. The van der Waals surface area contributed by atoms with Crippen LogP contribution in [-0.2, 0) is 10.0 Å². The predicted molar refractivity (Wildman–Crippen MR) is 109 cm³/mol. The van der Waals surface area contributed by atoms with Crippen molar-refractivity contribution in [2.45, 2.75) is 11.8 Å². The monoisotopic (exact) mass is 396 g/mol. The van der Waals surface area contributed by atoms with Crippen molar-refractivity contribution in [3.05, 3.63) is 84.4 Å². The summed E-state index contributed by atoms with van der Waals surface area (Å²) in [5, 5.41) is 2.73. The van der Waals surface area contributed by atoms with Gasteiger partial charge in [0.1, 0.15) is 5.75 Å². The molecule has 0 heterocycles. The van der Waals surface area contributed by atoms with E-state index in [0.29, 0.717) is 23.6 Å². The number of rotatable bonds is 7. The number of ether oxygens (including phenoxy) is 1. The number of nitrogens with one attached hydrogen (secondary N) is 2. The van der Waals surface area contributed by atoms with E-state index in [4.69, 9.17) is 4.74 Å². The average molecular weight is 396 g/mol. The standard InChI is InChI=1S/C21H20N2O4S/c1-2-27-20-14-13-18(28(25,26)23-17-11-7-4-8-12-17)15-19(20)22-21(24)16-9-5-3-6-10-16/h3-15,23H,2H2,1H3,(H,22,24). The van der Waals surface area contributed by atoms with Gasteiger partial charge < -0.3 is 10.1 Å². The molecule has 1 amide bonds. The highest BCUT2D eigenvalue weighted by molar-refractivity contribution is 7.92. The Morgan fingerprint density at radius 1 is 0.929 bits per heavy atom. The molecule has 0 saturated heterocycles. The third kappa shape index (κ3) is 4.69. The zero-order valence-corrected chi connectivity index (χ0v) is 16.1. The van der Waals surface area contributed by atoms with Crippen molar-refractivity contribution in [3.8, 4) is 5.75 Å². The third-order valence-corrected chi connectivity index (χ3v) is 5.25. The molecule has 0 aromatic heterocycles. The summed E-state index contributed by atoms with van der Waals surface area (Å²) < 4.78 is 33.5. The van der Waals surface area contributed by atoms with Crippen LogP contribution >= 0.6 is 0 Å². The minimum atomic E-state index is -3.82. The van der Waals surface area contributed by atoms with Gasteiger partial charge in [-0.25, -0.2) is 8.42 Å². The molecule has 0 fully saturated rings. The number of carbonyl (C=O) groups is 1. The van der Waals surface area contributed by atoms with E-state index >= 15 is 0 Å². The highest BCUT2D eigenvalue weighted by Gasteiger charge is 2.18. The van der Waals surface area contributed by atoms with Gasteiger partial charge in [0, 0.05) is 11.3 Å². The van der Waals surface area contributed by atoms with Gasteiger partial charge in [0.05, 0.1) is 17.2 Å². The highest BCUT2D eigenvalue weighted by Crippen LogP contribution is 2.29. The summed E-state index contributed by atoms with van der Waals surface area (Å²) in [6, 6.07) is 21.6. The molecular formula is C21H20N2O4S. The first-order valence-corrected chi connectivity index (χ1v) is 10.2. The molecule has 0 unspecified atom stereocenters. The number of anilines is 2. The van der Waals surface area contributed by atoms with Gasteiger partial charge in [-0.05, 0) is 49.4 Å². The lowest BCUT2D eigenvalue weighted by Crippen LogP contribution is -2.16. The topological polar surface area (TPSA) is 84.5 Å². The molecule has 7 heteroatoms. The number of para-hydroxylation sites is 1. The van der Waals surface area contributed by atoms with Crippen LogP contribution in [0.15, 0.2) is 83.8 Å². The molecule has 0 spiro atoms. The molecule has 0 radical (unpaired) electrons. The average Bonchev–Trinajstić information content (AvgIpc) is 2.70. The summed E-state index contributed by atoms with van der Waals surface area (Å²) >= 11 is 0. The Balaban J connectivity index is 1.91. The largest absolute Gasteiger partial charge is 0.492 e. The number of amides is 1. The van der Waals surface area contributed by atoms with Crippen molar-refractivity contribution in [1.29, 1.82) is 0 Å². The van der Waals surface area contributed by atoms with E-state index < -0.39 is 10.0 Å². The molecule has 0 aliphatic carbocycles. The van der Waals surface area contributed by atoms with Gasteiger partial charge in [-0.1, -0.05) is 36.4 Å². The minimum Gasteiger partial charge on any atom is -0.492 e. The number of benzene rings is 3. The molecule has 28 heavy (non-hydrogen) atoms. The lowest BCUT2D eigenvalue weighted by atomic mass is 10.2. The maximum absolute atomic E-state index is 12.7. The van der Waals surface area contributed by atoms with Gasteiger partial charge in [-0.3, -0.25) is 9.52 Å². The molecule has 3 aromatic carbocycles. The van der Waals surface area contributed by atoms with Crippen LogP contribution in [0.1, 0.15) is 17.3 Å². The Labute approximate surface area is 164 Å². The van der Waals surface area contributed by atoms with E-state index in [-0.39, 0.29) is 16.5 Å². The van der Waals surface area contributed by atoms with Gasteiger partial charge in [-0.15, -0.1) is 0 Å². The maximum atomic E-state index is 12.7.